The lowest BCUT2D eigenvalue weighted by Gasteiger charge is -2.11. The van der Waals surface area contributed by atoms with Crippen LogP contribution < -0.4 is 10.1 Å². The number of fused-ring (bicyclic) bond motifs is 1. The van der Waals surface area contributed by atoms with Crippen LogP contribution >= 0.6 is 0 Å². The van der Waals surface area contributed by atoms with Gasteiger partial charge in [0.15, 0.2) is 12.3 Å². The molecule has 0 bridgehead atoms. The van der Waals surface area contributed by atoms with Gasteiger partial charge in [-0.1, -0.05) is 24.3 Å². The van der Waals surface area contributed by atoms with E-state index in [2.05, 4.69) is 10.4 Å². The van der Waals surface area contributed by atoms with Crippen molar-refractivity contribution in [1.29, 1.82) is 0 Å². The van der Waals surface area contributed by atoms with Crippen molar-refractivity contribution in [3.8, 4) is 11.4 Å². The van der Waals surface area contributed by atoms with Crippen molar-refractivity contribution < 1.29 is 19.1 Å². The Bertz CT molecular complexity index is 1090. The van der Waals surface area contributed by atoms with E-state index in [1.807, 2.05) is 43.3 Å². The van der Waals surface area contributed by atoms with E-state index in [0.717, 1.165) is 41.8 Å². The van der Waals surface area contributed by atoms with E-state index < -0.39 is 18.5 Å². The number of anilines is 1. The third kappa shape index (κ3) is 3.91. The van der Waals surface area contributed by atoms with E-state index >= 15 is 0 Å². The summed E-state index contributed by atoms with van der Waals surface area (Å²) in [4.78, 5) is 25.0. The minimum Gasteiger partial charge on any atom is -0.495 e. The molecule has 154 valence electrons. The third-order valence-corrected chi connectivity index (χ3v) is 5.09. The molecule has 4 rings (SSSR count). The molecule has 1 amide bonds. The van der Waals surface area contributed by atoms with Crippen LogP contribution in [0.5, 0.6) is 5.75 Å². The van der Waals surface area contributed by atoms with Gasteiger partial charge in [-0.2, -0.15) is 5.10 Å². The Labute approximate surface area is 174 Å². The van der Waals surface area contributed by atoms with Crippen molar-refractivity contribution in [3.05, 3.63) is 71.0 Å². The first-order valence-electron chi connectivity index (χ1n) is 9.84. The molecule has 1 N–H and O–H groups in total. The van der Waals surface area contributed by atoms with Gasteiger partial charge in [-0.3, -0.25) is 4.79 Å². The maximum absolute atomic E-state index is 12.7. The number of aromatic nitrogens is 2. The summed E-state index contributed by atoms with van der Waals surface area (Å²) in [7, 11) is 1.53. The smallest absolute Gasteiger partial charge is 0.359 e. The van der Waals surface area contributed by atoms with Gasteiger partial charge in [0.2, 0.25) is 0 Å². The van der Waals surface area contributed by atoms with Crippen molar-refractivity contribution in [2.75, 3.05) is 19.0 Å². The number of para-hydroxylation sites is 1. The van der Waals surface area contributed by atoms with E-state index in [4.69, 9.17) is 9.47 Å². The number of ether oxygens (including phenoxy) is 2. The van der Waals surface area contributed by atoms with Crippen LogP contribution in [-0.2, 0) is 22.4 Å². The number of nitrogens with zero attached hydrogens (tertiary/aromatic N) is 2. The number of carbonyl (C=O) groups excluding carboxylic acids is 2. The monoisotopic (exact) mass is 405 g/mol. The summed E-state index contributed by atoms with van der Waals surface area (Å²) in [6.45, 7) is 1.52. The Balaban J connectivity index is 1.46. The molecule has 1 heterocycles. The fourth-order valence-corrected chi connectivity index (χ4v) is 3.69. The van der Waals surface area contributed by atoms with E-state index in [1.165, 1.54) is 7.11 Å². The number of amides is 1. The summed E-state index contributed by atoms with van der Waals surface area (Å²) in [6, 6.07) is 15.2. The average molecular weight is 405 g/mol. The minimum atomic E-state index is -0.589. The van der Waals surface area contributed by atoms with Gasteiger partial charge in [0.05, 0.1) is 18.5 Å². The quantitative estimate of drug-likeness (QED) is 0.635. The molecule has 30 heavy (non-hydrogen) atoms. The molecule has 1 aliphatic carbocycles. The van der Waals surface area contributed by atoms with Gasteiger partial charge in [0.1, 0.15) is 5.75 Å². The van der Waals surface area contributed by atoms with Crippen molar-refractivity contribution in [2.45, 2.75) is 26.2 Å². The molecule has 7 nitrogen and oxygen atoms in total. The number of nitrogens with one attached hydrogen (secondary N) is 1. The summed E-state index contributed by atoms with van der Waals surface area (Å²) in [5, 5.41) is 7.22. The molecular formula is C23H23N3O4. The number of esters is 1. The number of aryl methyl sites for hydroxylation is 1. The number of rotatable bonds is 6. The fourth-order valence-electron chi connectivity index (χ4n) is 3.69. The fraction of sp³-hybridized carbons (Fsp3) is 0.261. The summed E-state index contributed by atoms with van der Waals surface area (Å²) in [6.07, 6.45) is 2.60. The molecule has 0 atom stereocenters. The number of hydrogen-bond acceptors (Lipinski definition) is 5. The number of benzene rings is 2. The van der Waals surface area contributed by atoms with Crippen LogP contribution in [0.1, 0.15) is 33.7 Å². The molecule has 0 fully saturated rings. The molecule has 3 aromatic rings. The summed E-state index contributed by atoms with van der Waals surface area (Å²) < 4.78 is 12.3. The average Bonchev–Trinajstić information content (AvgIpc) is 3.36. The zero-order valence-corrected chi connectivity index (χ0v) is 17.0. The summed E-state index contributed by atoms with van der Waals surface area (Å²) >= 11 is 0. The highest BCUT2D eigenvalue weighted by atomic mass is 16.5. The first-order chi connectivity index (χ1) is 14.6. The predicted molar refractivity (Wildman–Crippen MR) is 112 cm³/mol. The lowest BCUT2D eigenvalue weighted by atomic mass is 10.2. The zero-order valence-electron chi connectivity index (χ0n) is 17.0. The maximum Gasteiger partial charge on any atom is 0.359 e. The molecule has 0 unspecified atom stereocenters. The lowest BCUT2D eigenvalue weighted by molar-refractivity contribution is -0.119. The summed E-state index contributed by atoms with van der Waals surface area (Å²) in [5.74, 6) is -0.486. The van der Waals surface area contributed by atoms with Gasteiger partial charge < -0.3 is 14.8 Å². The van der Waals surface area contributed by atoms with Gasteiger partial charge in [-0.25, -0.2) is 9.48 Å². The molecule has 0 saturated heterocycles. The van der Waals surface area contributed by atoms with Gasteiger partial charge in [0, 0.05) is 11.3 Å². The Morgan fingerprint density at radius 3 is 2.70 bits per heavy atom. The second-order valence-electron chi connectivity index (χ2n) is 7.20. The van der Waals surface area contributed by atoms with Crippen molar-refractivity contribution in [2.24, 2.45) is 0 Å². The van der Waals surface area contributed by atoms with Crippen molar-refractivity contribution in [3.63, 3.8) is 0 Å². The number of methoxy groups -OCH3 is 1. The Morgan fingerprint density at radius 2 is 1.93 bits per heavy atom. The van der Waals surface area contributed by atoms with Gasteiger partial charge >= 0.3 is 5.97 Å². The van der Waals surface area contributed by atoms with E-state index in [9.17, 15) is 9.59 Å². The van der Waals surface area contributed by atoms with Crippen LogP contribution in [0.4, 0.5) is 5.69 Å². The van der Waals surface area contributed by atoms with Crippen LogP contribution in [0.25, 0.3) is 5.69 Å². The van der Waals surface area contributed by atoms with Crippen molar-refractivity contribution >= 4 is 17.6 Å². The topological polar surface area (TPSA) is 82.4 Å². The molecule has 1 aliphatic rings. The molecule has 0 radical (unpaired) electrons. The van der Waals surface area contributed by atoms with Crippen LogP contribution in [0.15, 0.2) is 48.5 Å². The highest BCUT2D eigenvalue weighted by Gasteiger charge is 2.28. The summed E-state index contributed by atoms with van der Waals surface area (Å²) in [5.41, 5.74) is 4.64. The molecule has 0 aliphatic heterocycles. The molecule has 7 heteroatoms. The third-order valence-electron chi connectivity index (χ3n) is 5.09. The van der Waals surface area contributed by atoms with E-state index in [1.54, 1.807) is 16.8 Å². The van der Waals surface area contributed by atoms with Crippen LogP contribution in [-0.4, -0.2) is 35.4 Å². The largest absolute Gasteiger partial charge is 0.495 e. The Kier molecular flexibility index (Phi) is 5.52. The Hall–Kier alpha value is -3.61. The highest BCUT2D eigenvalue weighted by Crippen LogP contribution is 2.28. The second kappa shape index (κ2) is 8.41. The molecule has 0 spiro atoms. The first-order valence-corrected chi connectivity index (χ1v) is 9.84. The van der Waals surface area contributed by atoms with Crippen molar-refractivity contribution in [1.82, 2.24) is 9.78 Å². The van der Waals surface area contributed by atoms with Gasteiger partial charge in [-0.05, 0) is 56.0 Å². The number of hydrogen-bond donors (Lipinski definition) is 1. The molecular weight excluding hydrogens is 382 g/mol. The minimum absolute atomic E-state index is 0.285. The van der Waals surface area contributed by atoms with E-state index in [-0.39, 0.29) is 5.69 Å². The Morgan fingerprint density at radius 1 is 1.13 bits per heavy atom. The van der Waals surface area contributed by atoms with Crippen LogP contribution in [0.2, 0.25) is 0 Å². The van der Waals surface area contributed by atoms with Crippen LogP contribution in [0.3, 0.4) is 0 Å². The molecule has 1 aromatic heterocycles. The molecule has 0 saturated carbocycles. The SMILES string of the molecule is COc1ccc(C)cc1NC(=O)COC(=O)c1nn(-c2ccccc2)c2c1CCC2. The predicted octanol–water partition coefficient (Wildman–Crippen LogP) is 3.47. The van der Waals surface area contributed by atoms with Gasteiger partial charge in [-0.15, -0.1) is 0 Å². The molecule has 2 aromatic carbocycles. The van der Waals surface area contributed by atoms with E-state index in [0.29, 0.717) is 11.4 Å². The lowest BCUT2D eigenvalue weighted by Crippen LogP contribution is -2.22. The maximum atomic E-state index is 12.7. The highest BCUT2D eigenvalue weighted by molar-refractivity contribution is 5.96. The van der Waals surface area contributed by atoms with Crippen LogP contribution in [0, 0.1) is 6.92 Å². The second-order valence-corrected chi connectivity index (χ2v) is 7.20. The number of carbonyl (C=O) groups is 2. The standard InChI is InChI=1S/C23H23N3O4/c1-15-11-12-20(29-2)18(13-15)24-21(27)14-30-23(28)22-17-9-6-10-19(17)26(25-22)16-7-4-3-5-8-16/h3-5,7-8,11-13H,6,9-10,14H2,1-2H3,(H,24,27). The van der Waals surface area contributed by atoms with Gasteiger partial charge in [0.25, 0.3) is 5.91 Å². The first kappa shape index (κ1) is 19.7. The normalized spacial score (nSPS) is 12.3. The zero-order chi connectivity index (χ0) is 21.1.